The van der Waals surface area contributed by atoms with Crippen molar-refractivity contribution in [3.05, 3.63) is 53.3 Å². The van der Waals surface area contributed by atoms with Gasteiger partial charge in [0, 0.05) is 6.07 Å². The molecule has 0 unspecified atom stereocenters. The van der Waals surface area contributed by atoms with Crippen molar-refractivity contribution in [1.29, 1.82) is 5.26 Å². The summed E-state index contributed by atoms with van der Waals surface area (Å²) in [4.78, 5) is 10.9. The first-order valence-electron chi connectivity index (χ1n) is 5.68. The van der Waals surface area contributed by atoms with Crippen molar-refractivity contribution in [2.75, 3.05) is 7.11 Å². The van der Waals surface area contributed by atoms with Crippen molar-refractivity contribution in [3.63, 3.8) is 0 Å². The van der Waals surface area contributed by atoms with Crippen LogP contribution in [0.1, 0.15) is 15.9 Å². The van der Waals surface area contributed by atoms with Gasteiger partial charge in [0.05, 0.1) is 24.3 Å². The van der Waals surface area contributed by atoms with Crippen LogP contribution in [0.3, 0.4) is 0 Å². The zero-order valence-corrected chi connectivity index (χ0v) is 10.6. The van der Waals surface area contributed by atoms with Crippen molar-refractivity contribution < 1.29 is 18.7 Å². The van der Waals surface area contributed by atoms with E-state index in [1.54, 1.807) is 12.1 Å². The molecule has 0 bridgehead atoms. The van der Waals surface area contributed by atoms with E-state index in [0.717, 1.165) is 6.07 Å². The molecular weight excluding hydrogens is 261 g/mol. The number of nitriles is 1. The van der Waals surface area contributed by atoms with Crippen molar-refractivity contribution in [2.24, 2.45) is 0 Å². The molecule has 0 saturated heterocycles. The molecule has 0 radical (unpaired) electrons. The van der Waals surface area contributed by atoms with Gasteiger partial charge in [-0.25, -0.2) is 4.39 Å². The van der Waals surface area contributed by atoms with Crippen molar-refractivity contribution in [2.45, 2.75) is 0 Å². The fourth-order valence-corrected chi connectivity index (χ4v) is 1.64. The summed E-state index contributed by atoms with van der Waals surface area (Å²) in [5.74, 6) is 0.377. The third kappa shape index (κ3) is 2.75. The maximum atomic E-state index is 13.0. The Morgan fingerprint density at radius 3 is 2.55 bits per heavy atom. The van der Waals surface area contributed by atoms with Gasteiger partial charge in [-0.15, -0.1) is 0 Å². The molecule has 0 atom stereocenters. The normalized spacial score (nSPS) is 9.65. The van der Waals surface area contributed by atoms with Crippen LogP contribution in [-0.4, -0.2) is 13.4 Å². The number of methoxy groups -OCH3 is 1. The molecule has 5 heteroatoms. The molecule has 0 aliphatic carbocycles. The van der Waals surface area contributed by atoms with E-state index in [1.165, 1.54) is 25.3 Å². The minimum atomic E-state index is -0.522. The summed E-state index contributed by atoms with van der Waals surface area (Å²) < 4.78 is 23.7. The smallest absolute Gasteiger partial charge is 0.169 e. The van der Waals surface area contributed by atoms with Gasteiger partial charge in [0.1, 0.15) is 11.6 Å². The summed E-state index contributed by atoms with van der Waals surface area (Å²) in [6, 6.07) is 10.2. The van der Waals surface area contributed by atoms with Crippen LogP contribution in [0.15, 0.2) is 36.4 Å². The van der Waals surface area contributed by atoms with Crippen molar-refractivity contribution in [1.82, 2.24) is 0 Å². The summed E-state index contributed by atoms with van der Waals surface area (Å²) in [5, 5.41) is 8.82. The molecule has 2 rings (SSSR count). The third-order valence-electron chi connectivity index (χ3n) is 2.61. The van der Waals surface area contributed by atoms with E-state index in [0.29, 0.717) is 23.3 Å². The highest BCUT2D eigenvalue weighted by Gasteiger charge is 2.10. The molecule has 0 saturated carbocycles. The van der Waals surface area contributed by atoms with Crippen LogP contribution >= 0.6 is 0 Å². The molecular formula is C15H10FNO3. The molecule has 2 aromatic rings. The number of ether oxygens (including phenoxy) is 2. The Hall–Kier alpha value is -2.87. The molecule has 4 nitrogen and oxygen atoms in total. The summed E-state index contributed by atoms with van der Waals surface area (Å²) in [6.45, 7) is 0. The fourth-order valence-electron chi connectivity index (χ4n) is 1.64. The Kier molecular flexibility index (Phi) is 3.96. The van der Waals surface area contributed by atoms with Gasteiger partial charge in [-0.3, -0.25) is 4.79 Å². The summed E-state index contributed by atoms with van der Waals surface area (Å²) in [7, 11) is 1.44. The van der Waals surface area contributed by atoms with Gasteiger partial charge in [-0.1, -0.05) is 0 Å². The zero-order chi connectivity index (χ0) is 14.5. The molecule has 0 spiro atoms. The van der Waals surface area contributed by atoms with E-state index >= 15 is 0 Å². The number of hydrogen-bond donors (Lipinski definition) is 0. The highest BCUT2D eigenvalue weighted by Crippen LogP contribution is 2.33. The number of hydrogen-bond acceptors (Lipinski definition) is 4. The maximum absolute atomic E-state index is 13.0. The molecule has 100 valence electrons. The van der Waals surface area contributed by atoms with Gasteiger partial charge in [0.2, 0.25) is 0 Å². The largest absolute Gasteiger partial charge is 0.493 e. The quantitative estimate of drug-likeness (QED) is 0.800. The third-order valence-corrected chi connectivity index (χ3v) is 2.61. The Bertz CT molecular complexity index is 692. The van der Waals surface area contributed by atoms with E-state index in [9.17, 15) is 9.18 Å². The van der Waals surface area contributed by atoms with E-state index < -0.39 is 5.82 Å². The van der Waals surface area contributed by atoms with E-state index in [-0.39, 0.29) is 11.3 Å². The second kappa shape index (κ2) is 5.85. The van der Waals surface area contributed by atoms with Crippen molar-refractivity contribution >= 4 is 6.29 Å². The first-order chi connectivity index (χ1) is 9.67. The molecule has 0 aliphatic rings. The van der Waals surface area contributed by atoms with Crippen LogP contribution in [0.2, 0.25) is 0 Å². The Morgan fingerprint density at radius 2 is 1.90 bits per heavy atom. The Morgan fingerprint density at radius 1 is 1.15 bits per heavy atom. The predicted octanol–water partition coefficient (Wildman–Crippen LogP) is 3.31. The van der Waals surface area contributed by atoms with Crippen LogP contribution in [-0.2, 0) is 0 Å². The number of halogens is 1. The Balaban J connectivity index is 2.40. The maximum Gasteiger partial charge on any atom is 0.169 e. The van der Waals surface area contributed by atoms with Gasteiger partial charge in [0.25, 0.3) is 0 Å². The molecule has 0 aliphatic heterocycles. The topological polar surface area (TPSA) is 59.3 Å². The van der Waals surface area contributed by atoms with Gasteiger partial charge in [0.15, 0.2) is 17.8 Å². The Labute approximate surface area is 115 Å². The van der Waals surface area contributed by atoms with E-state index in [1.807, 2.05) is 6.07 Å². The number of benzene rings is 2. The van der Waals surface area contributed by atoms with Gasteiger partial charge >= 0.3 is 0 Å². The predicted molar refractivity (Wildman–Crippen MR) is 69.6 cm³/mol. The number of carbonyl (C=O) groups is 1. The second-order valence-corrected chi connectivity index (χ2v) is 3.88. The lowest BCUT2D eigenvalue weighted by Gasteiger charge is -2.11. The lowest BCUT2D eigenvalue weighted by atomic mass is 10.2. The SMILES string of the molecule is COc1cc(C#N)ccc1Oc1ccc(F)cc1C=O. The van der Waals surface area contributed by atoms with Crippen LogP contribution in [0.25, 0.3) is 0 Å². The molecule has 2 aromatic carbocycles. The first kappa shape index (κ1) is 13.6. The minimum absolute atomic E-state index is 0.0939. The van der Waals surface area contributed by atoms with Gasteiger partial charge in [-0.2, -0.15) is 5.26 Å². The standard InChI is InChI=1S/C15H10FNO3/c1-19-15-6-10(8-17)2-4-14(15)20-13-5-3-12(16)7-11(13)9-18/h2-7,9H,1H3. The second-order valence-electron chi connectivity index (χ2n) is 3.88. The van der Waals surface area contributed by atoms with Crippen LogP contribution in [0, 0.1) is 17.1 Å². The summed E-state index contributed by atoms with van der Waals surface area (Å²) in [5.41, 5.74) is 0.514. The molecule has 0 aromatic heterocycles. The van der Waals surface area contributed by atoms with Crippen LogP contribution < -0.4 is 9.47 Å². The molecule has 0 heterocycles. The first-order valence-corrected chi connectivity index (χ1v) is 5.68. The van der Waals surface area contributed by atoms with Crippen LogP contribution in [0.5, 0.6) is 17.2 Å². The summed E-state index contributed by atoms with van der Waals surface area (Å²) in [6.07, 6.45) is 0.508. The van der Waals surface area contributed by atoms with Crippen molar-refractivity contribution in [3.8, 4) is 23.3 Å². The molecule has 0 amide bonds. The van der Waals surface area contributed by atoms with E-state index in [4.69, 9.17) is 14.7 Å². The lowest BCUT2D eigenvalue weighted by molar-refractivity contribution is 0.112. The molecule has 20 heavy (non-hydrogen) atoms. The fraction of sp³-hybridized carbons (Fsp3) is 0.0667. The number of nitrogens with zero attached hydrogens (tertiary/aromatic N) is 1. The van der Waals surface area contributed by atoms with Gasteiger partial charge < -0.3 is 9.47 Å². The molecule has 0 N–H and O–H groups in total. The highest BCUT2D eigenvalue weighted by molar-refractivity contribution is 5.79. The number of rotatable bonds is 4. The van der Waals surface area contributed by atoms with E-state index in [2.05, 4.69) is 0 Å². The summed E-state index contributed by atoms with van der Waals surface area (Å²) >= 11 is 0. The average molecular weight is 271 g/mol. The van der Waals surface area contributed by atoms with Crippen LogP contribution in [0.4, 0.5) is 4.39 Å². The highest BCUT2D eigenvalue weighted by atomic mass is 19.1. The molecule has 0 fully saturated rings. The zero-order valence-electron chi connectivity index (χ0n) is 10.6. The number of aldehydes is 1. The monoisotopic (exact) mass is 271 g/mol. The van der Waals surface area contributed by atoms with Gasteiger partial charge in [-0.05, 0) is 30.3 Å². The average Bonchev–Trinajstić information content (AvgIpc) is 2.49. The lowest BCUT2D eigenvalue weighted by Crippen LogP contribution is -1.94. The number of carbonyl (C=O) groups excluding carboxylic acids is 1. The minimum Gasteiger partial charge on any atom is -0.493 e.